The van der Waals surface area contributed by atoms with Gasteiger partial charge < -0.3 is 15.1 Å². The predicted molar refractivity (Wildman–Crippen MR) is 97.0 cm³/mol. The first-order valence-electron chi connectivity index (χ1n) is 8.22. The number of nitrogens with zero attached hydrogens (tertiary/aromatic N) is 4. The van der Waals surface area contributed by atoms with Crippen molar-refractivity contribution in [2.75, 3.05) is 29.2 Å². The predicted octanol–water partition coefficient (Wildman–Crippen LogP) is 3.11. The largest absolute Gasteiger partial charge is 0.346 e. The molecule has 2 aromatic rings. The molecule has 1 unspecified atom stereocenters. The second-order valence-electron chi connectivity index (χ2n) is 6.21. The number of benzene rings is 1. The number of nitrogens with one attached hydrogen (secondary N) is 1. The van der Waals surface area contributed by atoms with Gasteiger partial charge in [0.1, 0.15) is 11.7 Å². The summed E-state index contributed by atoms with van der Waals surface area (Å²) in [6.45, 7) is 4.13. The maximum atomic E-state index is 12.5. The Morgan fingerprint density at radius 2 is 1.92 bits per heavy atom. The Morgan fingerprint density at radius 3 is 2.58 bits per heavy atom. The molecule has 0 saturated carbocycles. The maximum Gasteiger partial charge on any atom is 0.249 e. The Kier molecular flexibility index (Phi) is 4.38. The Hall–Kier alpha value is -2.63. The summed E-state index contributed by atoms with van der Waals surface area (Å²) in [5.74, 6) is 1.40. The van der Waals surface area contributed by atoms with Crippen molar-refractivity contribution in [1.29, 1.82) is 0 Å². The van der Waals surface area contributed by atoms with Crippen LogP contribution in [0.2, 0.25) is 0 Å². The molecule has 1 aromatic heterocycles. The zero-order valence-electron chi connectivity index (χ0n) is 14.6. The van der Waals surface area contributed by atoms with Crippen LogP contribution >= 0.6 is 0 Å². The van der Waals surface area contributed by atoms with Gasteiger partial charge in [-0.25, -0.2) is 4.98 Å². The van der Waals surface area contributed by atoms with Gasteiger partial charge in [0.25, 0.3) is 0 Å². The number of likely N-dealkylation sites (N-methyl/N-ethyl adjacent to an activating group) is 2. The molecule has 0 spiro atoms. The average molecular weight is 325 g/mol. The molecule has 1 aliphatic rings. The van der Waals surface area contributed by atoms with Crippen LogP contribution in [0.25, 0.3) is 0 Å². The Bertz CT molecular complexity index is 744. The number of aromatic nitrogens is 2. The van der Waals surface area contributed by atoms with Gasteiger partial charge in [0.2, 0.25) is 11.9 Å². The smallest absolute Gasteiger partial charge is 0.249 e. The molecule has 126 valence electrons. The summed E-state index contributed by atoms with van der Waals surface area (Å²) < 4.78 is 0. The van der Waals surface area contributed by atoms with Gasteiger partial charge in [-0.05, 0) is 25.5 Å². The standard InChI is InChI=1S/C18H23N5O/c1-5-6-14-17(24)23(4)15-11-19-18(21-16(15)22(14)3)20-13-9-7-12(2)8-10-13/h7-11,14H,5-6H2,1-4H3,(H,19,20,21). The lowest BCUT2D eigenvalue weighted by Crippen LogP contribution is -2.51. The molecule has 1 N–H and O–H groups in total. The molecule has 6 heteroatoms. The summed E-state index contributed by atoms with van der Waals surface area (Å²) in [5, 5.41) is 3.22. The molecule has 1 aromatic carbocycles. The Morgan fingerprint density at radius 1 is 1.21 bits per heavy atom. The fourth-order valence-electron chi connectivity index (χ4n) is 2.93. The lowest BCUT2D eigenvalue weighted by molar-refractivity contribution is -0.120. The molecule has 0 radical (unpaired) electrons. The third kappa shape index (κ3) is 2.91. The third-order valence-corrected chi connectivity index (χ3v) is 4.40. The summed E-state index contributed by atoms with van der Waals surface area (Å²) >= 11 is 0. The minimum Gasteiger partial charge on any atom is -0.346 e. The number of aryl methyl sites for hydroxylation is 1. The fourth-order valence-corrected chi connectivity index (χ4v) is 2.93. The second kappa shape index (κ2) is 6.47. The van der Waals surface area contributed by atoms with Crippen LogP contribution in [0.15, 0.2) is 30.5 Å². The minimum absolute atomic E-state index is 0.0923. The number of fused-ring (bicyclic) bond motifs is 1. The van der Waals surface area contributed by atoms with E-state index in [-0.39, 0.29) is 11.9 Å². The molecule has 0 bridgehead atoms. The lowest BCUT2D eigenvalue weighted by Gasteiger charge is -2.38. The van der Waals surface area contributed by atoms with Gasteiger partial charge in [0.05, 0.1) is 6.20 Å². The second-order valence-corrected chi connectivity index (χ2v) is 6.21. The van der Waals surface area contributed by atoms with Crippen LogP contribution in [-0.2, 0) is 4.79 Å². The number of amides is 1. The van der Waals surface area contributed by atoms with E-state index >= 15 is 0 Å². The van der Waals surface area contributed by atoms with Gasteiger partial charge in [0.15, 0.2) is 5.82 Å². The number of carbonyl (C=O) groups excluding carboxylic acids is 1. The van der Waals surface area contributed by atoms with Gasteiger partial charge in [-0.15, -0.1) is 0 Å². The zero-order chi connectivity index (χ0) is 17.3. The Balaban J connectivity index is 1.92. The normalized spacial score (nSPS) is 17.0. The molecule has 6 nitrogen and oxygen atoms in total. The van der Waals surface area contributed by atoms with Gasteiger partial charge in [-0.2, -0.15) is 4.98 Å². The maximum absolute atomic E-state index is 12.5. The highest BCUT2D eigenvalue weighted by Crippen LogP contribution is 2.34. The van der Waals surface area contributed by atoms with Gasteiger partial charge >= 0.3 is 0 Å². The van der Waals surface area contributed by atoms with Crippen molar-refractivity contribution in [2.45, 2.75) is 32.7 Å². The number of carbonyl (C=O) groups is 1. The van der Waals surface area contributed by atoms with Crippen molar-refractivity contribution >= 4 is 29.0 Å². The van der Waals surface area contributed by atoms with Crippen LogP contribution in [0.5, 0.6) is 0 Å². The monoisotopic (exact) mass is 325 g/mol. The molecule has 3 rings (SSSR count). The third-order valence-electron chi connectivity index (χ3n) is 4.40. The molecule has 24 heavy (non-hydrogen) atoms. The summed E-state index contributed by atoms with van der Waals surface area (Å²) in [7, 11) is 3.71. The highest BCUT2D eigenvalue weighted by atomic mass is 16.2. The SMILES string of the molecule is CCCC1C(=O)N(C)c2cnc(Nc3ccc(C)cc3)nc2N1C. The quantitative estimate of drug-likeness (QED) is 0.936. The van der Waals surface area contributed by atoms with Crippen LogP contribution in [0.3, 0.4) is 0 Å². The van der Waals surface area contributed by atoms with E-state index in [1.807, 2.05) is 36.2 Å². The molecular weight excluding hydrogens is 302 g/mol. The van der Waals surface area contributed by atoms with E-state index in [0.717, 1.165) is 30.0 Å². The van der Waals surface area contributed by atoms with E-state index in [1.54, 1.807) is 18.1 Å². The minimum atomic E-state index is -0.172. The van der Waals surface area contributed by atoms with Crippen molar-refractivity contribution in [2.24, 2.45) is 0 Å². The molecule has 0 fully saturated rings. The molecule has 0 saturated heterocycles. The van der Waals surface area contributed by atoms with Crippen molar-refractivity contribution in [3.8, 4) is 0 Å². The van der Waals surface area contributed by atoms with Gasteiger partial charge in [-0.3, -0.25) is 4.79 Å². The molecule has 1 atom stereocenters. The molecule has 1 amide bonds. The van der Waals surface area contributed by atoms with E-state index < -0.39 is 0 Å². The van der Waals surface area contributed by atoms with Crippen LogP contribution in [-0.4, -0.2) is 36.0 Å². The van der Waals surface area contributed by atoms with Crippen LogP contribution in [0.4, 0.5) is 23.1 Å². The first kappa shape index (κ1) is 16.2. The van der Waals surface area contributed by atoms with Crippen molar-refractivity contribution < 1.29 is 4.79 Å². The highest BCUT2D eigenvalue weighted by molar-refractivity contribution is 6.04. The molecule has 2 heterocycles. The number of rotatable bonds is 4. The fraction of sp³-hybridized carbons (Fsp3) is 0.389. The first-order chi connectivity index (χ1) is 11.5. The number of hydrogen-bond donors (Lipinski definition) is 1. The summed E-state index contributed by atoms with van der Waals surface area (Å²) in [4.78, 5) is 25.1. The number of anilines is 4. The Labute approximate surface area is 142 Å². The number of hydrogen-bond acceptors (Lipinski definition) is 5. The molecule has 0 aliphatic carbocycles. The highest BCUT2D eigenvalue weighted by Gasteiger charge is 2.35. The van der Waals surface area contributed by atoms with Gasteiger partial charge in [0, 0.05) is 19.8 Å². The van der Waals surface area contributed by atoms with E-state index in [4.69, 9.17) is 0 Å². The molecule has 1 aliphatic heterocycles. The van der Waals surface area contributed by atoms with Crippen molar-refractivity contribution in [3.05, 3.63) is 36.0 Å². The van der Waals surface area contributed by atoms with E-state index in [2.05, 4.69) is 29.1 Å². The van der Waals surface area contributed by atoms with Crippen LogP contribution in [0.1, 0.15) is 25.3 Å². The molecular formula is C18H23N5O. The summed E-state index contributed by atoms with van der Waals surface area (Å²) in [5.41, 5.74) is 2.88. The van der Waals surface area contributed by atoms with Crippen LogP contribution < -0.4 is 15.1 Å². The van der Waals surface area contributed by atoms with Gasteiger partial charge in [-0.1, -0.05) is 31.0 Å². The lowest BCUT2D eigenvalue weighted by atomic mass is 10.1. The first-order valence-corrected chi connectivity index (χ1v) is 8.22. The summed E-state index contributed by atoms with van der Waals surface area (Å²) in [6.07, 6.45) is 3.46. The van der Waals surface area contributed by atoms with E-state index in [0.29, 0.717) is 5.95 Å². The van der Waals surface area contributed by atoms with E-state index in [9.17, 15) is 4.79 Å². The topological polar surface area (TPSA) is 61.4 Å². The van der Waals surface area contributed by atoms with E-state index in [1.165, 1.54) is 5.56 Å². The van der Waals surface area contributed by atoms with Crippen molar-refractivity contribution in [3.63, 3.8) is 0 Å². The van der Waals surface area contributed by atoms with Crippen molar-refractivity contribution in [1.82, 2.24) is 9.97 Å². The average Bonchev–Trinajstić information content (AvgIpc) is 2.59. The van der Waals surface area contributed by atoms with Crippen LogP contribution in [0, 0.1) is 6.92 Å². The zero-order valence-corrected chi connectivity index (χ0v) is 14.6. The summed E-state index contributed by atoms with van der Waals surface area (Å²) in [6, 6.07) is 7.90.